The van der Waals surface area contributed by atoms with Crippen molar-refractivity contribution in [3.63, 3.8) is 0 Å². The molecule has 0 unspecified atom stereocenters. The number of nitrogens with one attached hydrogen (secondary N) is 2. The molecule has 31 heavy (non-hydrogen) atoms. The minimum absolute atomic E-state index is 0.0549. The molecule has 8 heteroatoms. The number of benzene rings is 2. The van der Waals surface area contributed by atoms with Gasteiger partial charge in [0.15, 0.2) is 0 Å². The van der Waals surface area contributed by atoms with Gasteiger partial charge >= 0.3 is 12.1 Å². The molecule has 0 heterocycles. The van der Waals surface area contributed by atoms with Gasteiger partial charge in [-0.2, -0.15) is 5.26 Å². The molecule has 0 aliphatic rings. The Bertz CT molecular complexity index is 896. The van der Waals surface area contributed by atoms with Crippen molar-refractivity contribution < 1.29 is 23.9 Å². The minimum Gasteiger partial charge on any atom is -0.467 e. The summed E-state index contributed by atoms with van der Waals surface area (Å²) in [5.41, 5.74) is 1.63. The second-order valence-corrected chi connectivity index (χ2v) is 6.73. The average Bonchev–Trinajstić information content (AvgIpc) is 2.80. The molecule has 0 aromatic heterocycles. The van der Waals surface area contributed by atoms with E-state index in [2.05, 4.69) is 10.6 Å². The summed E-state index contributed by atoms with van der Waals surface area (Å²) in [6.07, 6.45) is -0.396. The highest BCUT2D eigenvalue weighted by Crippen LogP contribution is 2.07. The monoisotopic (exact) mass is 423 g/mol. The Hall–Kier alpha value is -3.86. The zero-order valence-electron chi connectivity index (χ0n) is 17.2. The second-order valence-electron chi connectivity index (χ2n) is 6.73. The first-order valence-corrected chi connectivity index (χ1v) is 9.79. The lowest BCUT2D eigenvalue weighted by Crippen LogP contribution is -2.52. The van der Waals surface area contributed by atoms with Crippen molar-refractivity contribution in [2.75, 3.05) is 7.11 Å². The van der Waals surface area contributed by atoms with Crippen molar-refractivity contribution in [3.05, 3.63) is 71.8 Å². The summed E-state index contributed by atoms with van der Waals surface area (Å²) < 4.78 is 9.92. The van der Waals surface area contributed by atoms with Gasteiger partial charge < -0.3 is 20.1 Å². The van der Waals surface area contributed by atoms with E-state index < -0.39 is 30.1 Å². The van der Waals surface area contributed by atoms with E-state index in [0.29, 0.717) is 0 Å². The summed E-state index contributed by atoms with van der Waals surface area (Å²) >= 11 is 0. The van der Waals surface area contributed by atoms with Crippen LogP contribution in [0.25, 0.3) is 0 Å². The first-order valence-electron chi connectivity index (χ1n) is 9.79. The van der Waals surface area contributed by atoms with Gasteiger partial charge in [0.05, 0.1) is 13.2 Å². The molecule has 2 aromatic rings. The number of ether oxygens (including phenoxy) is 2. The predicted molar refractivity (Wildman–Crippen MR) is 112 cm³/mol. The summed E-state index contributed by atoms with van der Waals surface area (Å²) in [4.78, 5) is 37.2. The van der Waals surface area contributed by atoms with Crippen molar-refractivity contribution >= 4 is 18.0 Å². The molecular weight excluding hydrogens is 398 g/mol. The van der Waals surface area contributed by atoms with Crippen LogP contribution in [-0.4, -0.2) is 37.2 Å². The third-order valence-corrected chi connectivity index (χ3v) is 4.45. The maximum atomic E-state index is 12.9. The molecule has 0 bridgehead atoms. The Morgan fingerprint density at radius 1 is 0.935 bits per heavy atom. The molecule has 2 N–H and O–H groups in total. The average molecular weight is 423 g/mol. The molecule has 0 aliphatic carbocycles. The summed E-state index contributed by atoms with van der Waals surface area (Å²) in [7, 11) is 1.20. The van der Waals surface area contributed by atoms with Crippen LogP contribution in [0.15, 0.2) is 60.7 Å². The quantitative estimate of drug-likeness (QED) is 0.567. The van der Waals surface area contributed by atoms with Crippen LogP contribution in [0.1, 0.15) is 24.0 Å². The fraction of sp³-hybridized carbons (Fsp3) is 0.304. The Labute approximate surface area is 181 Å². The molecule has 2 atom stereocenters. The lowest BCUT2D eigenvalue weighted by molar-refractivity contribution is -0.145. The van der Waals surface area contributed by atoms with Crippen LogP contribution < -0.4 is 10.6 Å². The SMILES string of the molecule is COC(=O)[C@H](CCC#N)NC(=O)[C@H](Cc1ccccc1)NC(=O)OCc1ccccc1. The van der Waals surface area contributed by atoms with Crippen molar-refractivity contribution in [2.24, 2.45) is 0 Å². The zero-order valence-corrected chi connectivity index (χ0v) is 17.2. The van der Waals surface area contributed by atoms with Gasteiger partial charge in [-0.3, -0.25) is 4.79 Å². The standard InChI is InChI=1S/C23H25N3O5/c1-30-22(28)19(13-8-14-24)25-21(27)20(15-17-9-4-2-5-10-17)26-23(29)31-16-18-11-6-3-7-12-18/h2-7,9-12,19-20H,8,13,15-16H2,1H3,(H,25,27)(H,26,29)/t19-,20-/m0/s1. The summed E-state index contributed by atoms with van der Waals surface area (Å²) in [5, 5.41) is 13.9. The van der Waals surface area contributed by atoms with Crippen LogP contribution in [0.5, 0.6) is 0 Å². The first kappa shape index (κ1) is 23.4. The van der Waals surface area contributed by atoms with Gasteiger partial charge in [0.2, 0.25) is 5.91 Å². The van der Waals surface area contributed by atoms with Crippen LogP contribution in [0.2, 0.25) is 0 Å². The van der Waals surface area contributed by atoms with Crippen molar-refractivity contribution in [1.82, 2.24) is 10.6 Å². The maximum Gasteiger partial charge on any atom is 0.408 e. The van der Waals surface area contributed by atoms with Gasteiger partial charge in [-0.1, -0.05) is 60.7 Å². The number of alkyl carbamates (subject to hydrolysis) is 1. The topological polar surface area (TPSA) is 118 Å². The second kappa shape index (κ2) is 12.6. The zero-order chi connectivity index (χ0) is 22.5. The molecule has 0 aliphatic heterocycles. The van der Waals surface area contributed by atoms with Gasteiger partial charge in [0, 0.05) is 12.8 Å². The van der Waals surface area contributed by atoms with Crippen LogP contribution in [-0.2, 0) is 32.1 Å². The molecule has 2 rings (SSSR count). The number of amides is 2. The van der Waals surface area contributed by atoms with Gasteiger partial charge in [-0.15, -0.1) is 0 Å². The highest BCUT2D eigenvalue weighted by Gasteiger charge is 2.27. The van der Waals surface area contributed by atoms with E-state index in [-0.39, 0.29) is 25.9 Å². The lowest BCUT2D eigenvalue weighted by atomic mass is 10.0. The lowest BCUT2D eigenvalue weighted by Gasteiger charge is -2.22. The Balaban J connectivity index is 2.07. The normalized spacial score (nSPS) is 12.0. The number of rotatable bonds is 10. The molecular formula is C23H25N3O5. The highest BCUT2D eigenvalue weighted by molar-refractivity contribution is 5.89. The van der Waals surface area contributed by atoms with Crippen LogP contribution in [0.3, 0.4) is 0 Å². The van der Waals surface area contributed by atoms with Crippen molar-refractivity contribution in [2.45, 2.75) is 38.0 Å². The number of carbonyl (C=O) groups excluding carboxylic acids is 3. The van der Waals surface area contributed by atoms with E-state index in [0.717, 1.165) is 11.1 Å². The summed E-state index contributed by atoms with van der Waals surface area (Å²) in [5.74, 6) is -1.23. The molecule has 8 nitrogen and oxygen atoms in total. The van der Waals surface area contributed by atoms with Crippen molar-refractivity contribution in [3.8, 4) is 6.07 Å². The minimum atomic E-state index is -0.988. The number of nitrogens with zero attached hydrogens (tertiary/aromatic N) is 1. The molecule has 2 aromatic carbocycles. The van der Waals surface area contributed by atoms with Gasteiger partial charge in [0.1, 0.15) is 18.7 Å². The van der Waals surface area contributed by atoms with E-state index in [4.69, 9.17) is 14.7 Å². The molecule has 0 saturated carbocycles. The number of nitriles is 1. The maximum absolute atomic E-state index is 12.9. The van der Waals surface area contributed by atoms with Crippen LogP contribution >= 0.6 is 0 Å². The molecule has 0 spiro atoms. The largest absolute Gasteiger partial charge is 0.467 e. The Morgan fingerprint density at radius 2 is 1.55 bits per heavy atom. The fourth-order valence-corrected chi connectivity index (χ4v) is 2.84. The van der Waals surface area contributed by atoms with Crippen molar-refractivity contribution in [1.29, 1.82) is 5.26 Å². The van der Waals surface area contributed by atoms with E-state index >= 15 is 0 Å². The third-order valence-electron chi connectivity index (χ3n) is 4.45. The first-order chi connectivity index (χ1) is 15.0. The van der Waals surface area contributed by atoms with E-state index in [1.807, 2.05) is 66.7 Å². The summed E-state index contributed by atoms with van der Waals surface area (Å²) in [6, 6.07) is 18.2. The fourth-order valence-electron chi connectivity index (χ4n) is 2.84. The smallest absolute Gasteiger partial charge is 0.408 e. The summed E-state index contributed by atoms with van der Waals surface area (Å²) in [6.45, 7) is 0.0549. The Kier molecular flexibility index (Phi) is 9.56. The number of hydrogen-bond acceptors (Lipinski definition) is 6. The van der Waals surface area contributed by atoms with E-state index in [9.17, 15) is 14.4 Å². The third kappa shape index (κ3) is 8.19. The number of methoxy groups -OCH3 is 1. The molecule has 162 valence electrons. The van der Waals surface area contributed by atoms with E-state index in [1.54, 1.807) is 0 Å². The van der Waals surface area contributed by atoms with Gasteiger partial charge in [0.25, 0.3) is 0 Å². The molecule has 0 radical (unpaired) electrons. The van der Waals surface area contributed by atoms with Gasteiger partial charge in [-0.05, 0) is 17.5 Å². The number of esters is 1. The number of hydrogen-bond donors (Lipinski definition) is 2. The highest BCUT2D eigenvalue weighted by atomic mass is 16.5. The molecule has 0 fully saturated rings. The van der Waals surface area contributed by atoms with Gasteiger partial charge in [-0.25, -0.2) is 9.59 Å². The molecule has 2 amide bonds. The van der Waals surface area contributed by atoms with Crippen LogP contribution in [0, 0.1) is 11.3 Å². The number of carbonyl (C=O) groups is 3. The van der Waals surface area contributed by atoms with E-state index in [1.165, 1.54) is 7.11 Å². The predicted octanol–water partition coefficient (Wildman–Crippen LogP) is 2.49. The Morgan fingerprint density at radius 3 is 2.13 bits per heavy atom. The molecule has 0 saturated heterocycles. The van der Waals surface area contributed by atoms with Crippen LogP contribution in [0.4, 0.5) is 4.79 Å².